The van der Waals surface area contributed by atoms with E-state index in [0.29, 0.717) is 11.1 Å². The molecule has 0 saturated carbocycles. The Morgan fingerprint density at radius 3 is 2.59 bits per heavy atom. The van der Waals surface area contributed by atoms with Crippen LogP contribution in [0.3, 0.4) is 0 Å². The third-order valence-corrected chi connectivity index (χ3v) is 2.43. The number of carbonyl (C=O) groups is 1. The fourth-order valence-electron chi connectivity index (χ4n) is 1.43. The molecule has 0 unspecified atom stereocenters. The van der Waals surface area contributed by atoms with Gasteiger partial charge in [-0.3, -0.25) is 14.9 Å². The molecule has 0 heterocycles. The molecule has 1 aromatic carbocycles. The van der Waals surface area contributed by atoms with Crippen molar-refractivity contribution in [2.75, 3.05) is 0 Å². The van der Waals surface area contributed by atoms with Crippen LogP contribution in [-0.4, -0.2) is 15.9 Å². The van der Waals surface area contributed by atoms with Crippen molar-refractivity contribution in [3.05, 3.63) is 38.9 Å². The highest BCUT2D eigenvalue weighted by molar-refractivity contribution is 5.91. The molecule has 0 saturated heterocycles. The summed E-state index contributed by atoms with van der Waals surface area (Å²) in [6.45, 7) is 3.23. The number of nitro benzene ring substituents is 1. The highest BCUT2D eigenvalue weighted by Gasteiger charge is 2.21. The lowest BCUT2D eigenvalue weighted by Gasteiger charge is -2.06. The predicted molar refractivity (Wildman–Crippen MR) is 62.5 cm³/mol. The van der Waals surface area contributed by atoms with Gasteiger partial charge >= 0.3 is 5.69 Å². The molecule has 0 aliphatic rings. The quantitative estimate of drug-likeness (QED) is 0.470. The number of nitro groups is 1. The minimum absolute atomic E-state index is 0.193. The van der Waals surface area contributed by atoms with Crippen LogP contribution in [0.4, 0.5) is 5.69 Å². The van der Waals surface area contributed by atoms with Crippen LogP contribution in [0, 0.1) is 24.0 Å². The Bertz CT molecular complexity index is 521. The molecule has 1 amide bonds. The average Bonchev–Trinajstić information content (AvgIpc) is 2.21. The summed E-state index contributed by atoms with van der Waals surface area (Å²) in [5.74, 6) is -1.15. The van der Waals surface area contributed by atoms with Crippen molar-refractivity contribution in [1.29, 1.82) is 0 Å². The average molecular weight is 236 g/mol. The molecule has 0 bridgehead atoms. The molecule has 1 rings (SSSR count). The number of hydrogen-bond acceptors (Lipinski definition) is 4. The first-order valence-corrected chi connectivity index (χ1v) is 4.79. The number of aromatic hydroxyl groups is 1. The molecule has 0 atom stereocenters. The van der Waals surface area contributed by atoms with Gasteiger partial charge in [-0.1, -0.05) is 0 Å². The van der Waals surface area contributed by atoms with Crippen molar-refractivity contribution in [2.45, 2.75) is 13.8 Å². The fraction of sp³-hybridized carbons (Fsp3) is 0.182. The number of benzene rings is 1. The monoisotopic (exact) mass is 236 g/mol. The molecule has 90 valence electrons. The number of amides is 1. The van der Waals surface area contributed by atoms with Crippen LogP contribution in [0.2, 0.25) is 0 Å². The number of carbonyl (C=O) groups excluding carboxylic acids is 1. The Labute approximate surface area is 97.5 Å². The molecule has 1 aromatic rings. The second-order valence-electron chi connectivity index (χ2n) is 3.60. The maximum Gasteiger partial charge on any atom is 0.314 e. The maximum atomic E-state index is 10.8. The molecular formula is C11H12N2O4. The maximum absolute atomic E-state index is 10.8. The Morgan fingerprint density at radius 2 is 2.12 bits per heavy atom. The number of nitrogens with zero attached hydrogens (tertiary/aromatic N) is 1. The van der Waals surface area contributed by atoms with Crippen LogP contribution >= 0.6 is 0 Å². The zero-order valence-electron chi connectivity index (χ0n) is 9.43. The first-order chi connectivity index (χ1) is 7.84. The molecule has 0 aliphatic heterocycles. The van der Waals surface area contributed by atoms with Crippen molar-refractivity contribution in [3.8, 4) is 5.75 Å². The van der Waals surface area contributed by atoms with Gasteiger partial charge in [0.05, 0.1) is 4.92 Å². The molecule has 0 radical (unpaired) electrons. The Morgan fingerprint density at radius 1 is 1.53 bits per heavy atom. The van der Waals surface area contributed by atoms with Crippen molar-refractivity contribution in [3.63, 3.8) is 0 Å². The summed E-state index contributed by atoms with van der Waals surface area (Å²) in [5.41, 5.74) is 5.80. The smallest absolute Gasteiger partial charge is 0.314 e. The van der Waals surface area contributed by atoms with Gasteiger partial charge in [-0.2, -0.15) is 0 Å². The summed E-state index contributed by atoms with van der Waals surface area (Å²) in [7, 11) is 0. The number of aryl methyl sites for hydroxylation is 1. The van der Waals surface area contributed by atoms with Gasteiger partial charge in [0.2, 0.25) is 11.7 Å². The van der Waals surface area contributed by atoms with Gasteiger partial charge in [-0.25, -0.2) is 0 Å². The summed E-state index contributed by atoms with van der Waals surface area (Å²) >= 11 is 0. The van der Waals surface area contributed by atoms with E-state index in [1.807, 2.05) is 0 Å². The lowest BCUT2D eigenvalue weighted by atomic mass is 10.0. The van der Waals surface area contributed by atoms with E-state index >= 15 is 0 Å². The number of primary amides is 1. The van der Waals surface area contributed by atoms with Crippen LogP contribution in [0.15, 0.2) is 12.1 Å². The Kier molecular flexibility index (Phi) is 3.47. The predicted octanol–water partition coefficient (Wildman–Crippen LogP) is 1.42. The van der Waals surface area contributed by atoms with Gasteiger partial charge in [-0.15, -0.1) is 0 Å². The Balaban J connectivity index is 3.44. The zero-order valence-corrected chi connectivity index (χ0v) is 9.43. The van der Waals surface area contributed by atoms with E-state index in [4.69, 9.17) is 5.73 Å². The van der Waals surface area contributed by atoms with Crippen LogP contribution in [0.1, 0.15) is 16.7 Å². The van der Waals surface area contributed by atoms with Gasteiger partial charge in [0.1, 0.15) is 0 Å². The van der Waals surface area contributed by atoms with E-state index in [9.17, 15) is 20.0 Å². The highest BCUT2D eigenvalue weighted by atomic mass is 16.6. The summed E-state index contributed by atoms with van der Waals surface area (Å²) < 4.78 is 0. The second kappa shape index (κ2) is 4.65. The molecular weight excluding hydrogens is 224 g/mol. The van der Waals surface area contributed by atoms with Crippen LogP contribution in [0.25, 0.3) is 6.08 Å². The first kappa shape index (κ1) is 12.7. The minimum Gasteiger partial charge on any atom is -0.502 e. The first-order valence-electron chi connectivity index (χ1n) is 4.79. The molecule has 6 nitrogen and oxygen atoms in total. The van der Waals surface area contributed by atoms with E-state index < -0.39 is 16.6 Å². The van der Waals surface area contributed by atoms with Gasteiger partial charge in [0.25, 0.3) is 0 Å². The third-order valence-electron chi connectivity index (χ3n) is 2.43. The summed E-state index contributed by atoms with van der Waals surface area (Å²) in [6, 6.07) is 1.55. The molecule has 0 aromatic heterocycles. The lowest BCUT2D eigenvalue weighted by molar-refractivity contribution is -0.386. The Hall–Kier alpha value is -2.37. The molecule has 3 N–H and O–H groups in total. The molecule has 0 spiro atoms. The highest BCUT2D eigenvalue weighted by Crippen LogP contribution is 2.35. The van der Waals surface area contributed by atoms with E-state index in [2.05, 4.69) is 0 Å². The molecule has 17 heavy (non-hydrogen) atoms. The number of rotatable bonds is 3. The van der Waals surface area contributed by atoms with Gasteiger partial charge in [0.15, 0.2) is 0 Å². The molecule has 0 aliphatic carbocycles. The van der Waals surface area contributed by atoms with Crippen LogP contribution in [-0.2, 0) is 4.79 Å². The van der Waals surface area contributed by atoms with E-state index in [1.54, 1.807) is 19.9 Å². The number of phenolic OH excluding ortho intramolecular Hbond substituents is 1. The molecule has 6 heteroatoms. The number of nitrogens with two attached hydrogens (primary N) is 1. The van der Waals surface area contributed by atoms with E-state index in [0.717, 1.165) is 6.08 Å². The summed E-state index contributed by atoms with van der Waals surface area (Å²) in [5, 5.41) is 20.5. The van der Waals surface area contributed by atoms with E-state index in [-0.39, 0.29) is 11.3 Å². The van der Waals surface area contributed by atoms with Gasteiger partial charge < -0.3 is 10.8 Å². The van der Waals surface area contributed by atoms with Gasteiger partial charge in [0, 0.05) is 17.2 Å². The second-order valence-corrected chi connectivity index (χ2v) is 3.60. The van der Waals surface area contributed by atoms with Crippen molar-refractivity contribution >= 4 is 17.7 Å². The summed E-state index contributed by atoms with van der Waals surface area (Å²) in [4.78, 5) is 20.7. The summed E-state index contributed by atoms with van der Waals surface area (Å²) in [6.07, 6.45) is 2.28. The number of phenols is 1. The van der Waals surface area contributed by atoms with Crippen molar-refractivity contribution < 1.29 is 14.8 Å². The largest absolute Gasteiger partial charge is 0.502 e. The van der Waals surface area contributed by atoms with Crippen LogP contribution in [0.5, 0.6) is 5.75 Å². The van der Waals surface area contributed by atoms with Crippen molar-refractivity contribution in [2.24, 2.45) is 5.73 Å². The van der Waals surface area contributed by atoms with Crippen LogP contribution < -0.4 is 5.73 Å². The fourth-order valence-corrected chi connectivity index (χ4v) is 1.43. The van der Waals surface area contributed by atoms with Crippen molar-refractivity contribution in [1.82, 2.24) is 0 Å². The van der Waals surface area contributed by atoms with Gasteiger partial charge in [-0.05, 0) is 31.6 Å². The third kappa shape index (κ3) is 2.60. The normalized spacial score (nSPS) is 10.7. The topological polar surface area (TPSA) is 106 Å². The molecule has 0 fully saturated rings. The zero-order chi connectivity index (χ0) is 13.2. The number of hydrogen-bond donors (Lipinski definition) is 2. The standard InChI is InChI=1S/C11H12N2O4/c1-6-5-8(3-4-9(12)14)11(15)10(7(6)2)13(16)17/h3-5,15H,1-2H3,(H2,12,14)/b4-3+. The lowest BCUT2D eigenvalue weighted by Crippen LogP contribution is -2.05. The van der Waals surface area contributed by atoms with E-state index in [1.165, 1.54) is 6.08 Å². The SMILES string of the molecule is Cc1cc(/C=C/C(N)=O)c(O)c([N+](=O)[O-])c1C. The minimum atomic E-state index is -0.690.